The predicted octanol–water partition coefficient (Wildman–Crippen LogP) is -0.602. The fourth-order valence-corrected chi connectivity index (χ4v) is 8.00. The van der Waals surface area contributed by atoms with Crippen molar-refractivity contribution >= 4 is 35.6 Å². The molecule has 1 aliphatic carbocycles. The van der Waals surface area contributed by atoms with Gasteiger partial charge in [0.2, 0.25) is 29.6 Å². The zero-order chi connectivity index (χ0) is 48.2. The molecule has 0 amide bonds. The Kier molecular flexibility index (Phi) is 10.2. The van der Waals surface area contributed by atoms with Crippen molar-refractivity contribution in [3.63, 3.8) is 0 Å². The first-order chi connectivity index (χ1) is 31.0. The summed E-state index contributed by atoms with van der Waals surface area (Å²) in [6.07, 6.45) is -16.0. The van der Waals surface area contributed by atoms with Crippen LogP contribution in [0.4, 0.5) is 0 Å². The number of carbonyl (C=O) groups excluding carboxylic acids is 6. The Labute approximate surface area is 363 Å². The molecule has 26 nitrogen and oxygen atoms in total. The fraction of sp³-hybridized carbons (Fsp3) is 0.250. The lowest BCUT2D eigenvalue weighted by atomic mass is 9.81. The molecule has 0 aromatic heterocycles. The highest BCUT2D eigenvalue weighted by atomic mass is 16.7. The Morgan fingerprint density at radius 3 is 1.64 bits per heavy atom. The highest BCUT2D eigenvalue weighted by Crippen LogP contribution is 2.54. The van der Waals surface area contributed by atoms with E-state index in [9.17, 15) is 100 Å². The minimum absolute atomic E-state index is 0.359. The van der Waals surface area contributed by atoms with Crippen LogP contribution in [0, 0.1) is 0 Å². The summed E-state index contributed by atoms with van der Waals surface area (Å²) < 4.78 is 33.5. The Morgan fingerprint density at radius 1 is 0.576 bits per heavy atom. The van der Waals surface area contributed by atoms with Crippen molar-refractivity contribution < 1.29 is 129 Å². The number of phenolic OH excluding ortho intramolecular Hbond substituents is 12. The fourth-order valence-electron chi connectivity index (χ4n) is 8.00. The Bertz CT molecular complexity index is 2830. The quantitative estimate of drug-likeness (QED) is 0.0678. The molecule has 3 aliphatic heterocycles. The van der Waals surface area contributed by atoms with Crippen LogP contribution in [-0.2, 0) is 38.0 Å². The van der Waals surface area contributed by atoms with Crippen molar-refractivity contribution in [2.45, 2.75) is 54.7 Å². The number of benzene rings is 4. The molecule has 2 fully saturated rings. The molecule has 346 valence electrons. The van der Waals surface area contributed by atoms with E-state index in [2.05, 4.69) is 0 Å². The lowest BCUT2D eigenvalue weighted by Gasteiger charge is -2.44. The summed E-state index contributed by atoms with van der Waals surface area (Å²) in [6.45, 7) is -1.31. The summed E-state index contributed by atoms with van der Waals surface area (Å²) >= 11 is 0. The summed E-state index contributed by atoms with van der Waals surface area (Å²) in [5.41, 5.74) is -10.9. The normalized spacial score (nSPS) is 26.0. The number of Topliss-reactive ketones (excluding diaryl/α,β-unsaturated/α-hetero) is 1. The van der Waals surface area contributed by atoms with Gasteiger partial charge < -0.3 is 99.9 Å². The van der Waals surface area contributed by atoms with E-state index in [0.29, 0.717) is 30.3 Å². The number of esters is 5. The van der Waals surface area contributed by atoms with Crippen LogP contribution in [0.1, 0.15) is 59.3 Å². The molecule has 8 rings (SSSR count). The summed E-state index contributed by atoms with van der Waals surface area (Å²) in [4.78, 5) is 84.5. The second kappa shape index (κ2) is 15.3. The van der Waals surface area contributed by atoms with Crippen LogP contribution < -0.4 is 0 Å². The van der Waals surface area contributed by atoms with Gasteiger partial charge in [-0.3, -0.25) is 4.79 Å². The molecular weight excluding hydrogens is 896 g/mol. The molecule has 3 heterocycles. The van der Waals surface area contributed by atoms with Gasteiger partial charge >= 0.3 is 29.8 Å². The first kappa shape index (κ1) is 44.0. The van der Waals surface area contributed by atoms with Gasteiger partial charge in [-0.15, -0.1) is 0 Å². The van der Waals surface area contributed by atoms with E-state index in [1.807, 2.05) is 0 Å². The van der Waals surface area contributed by atoms with Gasteiger partial charge in [0.05, 0.1) is 28.2 Å². The van der Waals surface area contributed by atoms with Gasteiger partial charge in [-0.2, -0.15) is 0 Å². The van der Waals surface area contributed by atoms with Crippen molar-refractivity contribution in [2.24, 2.45) is 0 Å². The van der Waals surface area contributed by atoms with E-state index < -0.39 is 205 Å². The lowest BCUT2D eigenvalue weighted by Crippen LogP contribution is -2.64. The molecule has 0 spiro atoms. The predicted molar refractivity (Wildman–Crippen MR) is 201 cm³/mol. The molecule has 0 unspecified atom stereocenters. The van der Waals surface area contributed by atoms with Gasteiger partial charge in [0.15, 0.2) is 75.3 Å². The maximum absolute atomic E-state index is 14.6. The van der Waals surface area contributed by atoms with Crippen LogP contribution in [0.5, 0.6) is 69.0 Å². The van der Waals surface area contributed by atoms with Gasteiger partial charge in [-0.05, 0) is 30.3 Å². The van der Waals surface area contributed by atoms with Gasteiger partial charge in [0.25, 0.3) is 0 Å². The molecule has 4 aliphatic rings. The van der Waals surface area contributed by atoms with Crippen molar-refractivity contribution in [1.29, 1.82) is 0 Å². The average molecular weight is 927 g/mol. The van der Waals surface area contributed by atoms with Crippen LogP contribution in [0.3, 0.4) is 0 Å². The van der Waals surface area contributed by atoms with Crippen LogP contribution >= 0.6 is 0 Å². The number of hydrogen-bond donors (Lipinski definition) is 14. The zero-order valence-corrected chi connectivity index (χ0v) is 32.5. The van der Waals surface area contributed by atoms with Crippen molar-refractivity contribution in [3.8, 4) is 80.1 Å². The van der Waals surface area contributed by atoms with E-state index in [4.69, 9.17) is 28.4 Å². The molecule has 1 saturated carbocycles. The lowest BCUT2D eigenvalue weighted by molar-refractivity contribution is -0.289. The zero-order valence-electron chi connectivity index (χ0n) is 32.5. The van der Waals surface area contributed by atoms with Gasteiger partial charge in [-0.1, -0.05) is 0 Å². The molecule has 1 saturated heterocycles. The molecule has 14 N–H and O–H groups in total. The van der Waals surface area contributed by atoms with Crippen molar-refractivity contribution in [1.82, 2.24) is 0 Å². The van der Waals surface area contributed by atoms with E-state index in [1.165, 1.54) is 0 Å². The third kappa shape index (κ3) is 6.61. The Hall–Kier alpha value is -8.62. The van der Waals surface area contributed by atoms with Crippen molar-refractivity contribution in [2.75, 3.05) is 6.61 Å². The molecule has 4 aromatic rings. The number of ketones is 1. The van der Waals surface area contributed by atoms with Gasteiger partial charge in [0, 0.05) is 23.1 Å². The number of aliphatic hydroxyl groups excluding tert-OH is 1. The maximum Gasteiger partial charge on any atom is 0.340 e. The number of fused-ring (bicyclic) bond motifs is 6. The molecule has 0 radical (unpaired) electrons. The Balaban J connectivity index is 1.39. The van der Waals surface area contributed by atoms with Crippen LogP contribution in [-0.4, -0.2) is 156 Å². The van der Waals surface area contributed by atoms with E-state index in [0.717, 1.165) is 0 Å². The van der Waals surface area contributed by atoms with E-state index in [-0.39, 0.29) is 0 Å². The summed E-state index contributed by atoms with van der Waals surface area (Å²) in [5, 5.41) is 149. The summed E-state index contributed by atoms with van der Waals surface area (Å²) in [7, 11) is 0. The molecule has 8 atom stereocenters. The maximum atomic E-state index is 14.6. The molecule has 66 heavy (non-hydrogen) atoms. The number of carbonyl (C=O) groups is 6. The van der Waals surface area contributed by atoms with E-state index in [1.54, 1.807) is 0 Å². The van der Waals surface area contributed by atoms with Crippen LogP contribution in [0.25, 0.3) is 11.1 Å². The number of aromatic hydroxyl groups is 12. The second-order valence-electron chi connectivity index (χ2n) is 15.1. The molecule has 4 aromatic carbocycles. The number of rotatable bonds is 2. The molecule has 26 heteroatoms. The average Bonchev–Trinajstić information content (AvgIpc) is 3.49. The summed E-state index contributed by atoms with van der Waals surface area (Å²) in [6, 6.07) is 2.28. The summed E-state index contributed by atoms with van der Waals surface area (Å²) in [5.74, 6) is -28.9. The number of aliphatic hydroxyl groups is 2. The van der Waals surface area contributed by atoms with Crippen molar-refractivity contribution in [3.05, 3.63) is 58.1 Å². The number of phenols is 12. The highest BCUT2D eigenvalue weighted by Gasteiger charge is 2.63. The number of hydrogen-bond acceptors (Lipinski definition) is 26. The highest BCUT2D eigenvalue weighted by molar-refractivity contribution is 6.09. The molecular formula is C40H30O26. The first-order valence-electron chi connectivity index (χ1n) is 18.7. The van der Waals surface area contributed by atoms with E-state index >= 15 is 0 Å². The largest absolute Gasteiger partial charge is 0.504 e. The minimum Gasteiger partial charge on any atom is -0.504 e. The SMILES string of the molecule is O=C(O[C@H]1O[C@@H]2COC(=O)c3cc(O)c(O)c(O)c3-c3c(cc(O)c(O)c3O)C(=O)O[C@@H]3[C@H]1OC(=O)c1cc(O)c(O)c(O)c1[C@@H]1C(=O)[C@H](O)C[C@]1(O)C(=O)O[C@@H]32)c1cc(O)c(O)c(O)c1. The topological polar surface area (TPSA) is 441 Å². The number of ether oxygens (including phenoxy) is 6. The first-order valence-corrected chi connectivity index (χ1v) is 18.7. The third-order valence-electron chi connectivity index (χ3n) is 11.2. The Morgan fingerprint density at radius 2 is 1.06 bits per heavy atom. The van der Waals surface area contributed by atoms with Gasteiger partial charge in [-0.25, -0.2) is 24.0 Å². The minimum atomic E-state index is -3.38. The third-order valence-corrected chi connectivity index (χ3v) is 11.2. The number of cyclic esters (lactones) is 1. The second-order valence-corrected chi connectivity index (χ2v) is 15.1. The molecule has 4 bridgehead atoms. The monoisotopic (exact) mass is 926 g/mol. The van der Waals surface area contributed by atoms with Gasteiger partial charge in [0.1, 0.15) is 18.8 Å². The smallest absolute Gasteiger partial charge is 0.340 e. The standard InChI is InChI=1S/C40H30O26/c41-12-1-8(2-13(42)23(12)47)34(55)66-38-33-32-31(65-39(59)40(60)6-17(46)24(48)22(40)21-11(37(58)64-33)5-16(45)27(51)30(21)54)18(62-38)7-61-35(56)9-3-14(43)25(49)28(52)19(9)20-10(36(57)63-32)4-15(44)26(50)29(20)53/h1-5,17-18,22,31-33,38,41-47,49-54,60H,6-7H2/t17-,18-,22-,31-,32+,33-,38-,40-/m1/s1. The van der Waals surface area contributed by atoms with Crippen LogP contribution in [0.15, 0.2) is 30.3 Å². The van der Waals surface area contributed by atoms with Crippen LogP contribution in [0.2, 0.25) is 0 Å².